The fourth-order valence-electron chi connectivity index (χ4n) is 3.43. The molecule has 0 saturated carbocycles. The monoisotopic (exact) mass is 348 g/mol. The molecule has 1 atom stereocenters. The Morgan fingerprint density at radius 3 is 1.92 bits per heavy atom. The first-order valence-corrected chi connectivity index (χ1v) is 9.01. The highest BCUT2D eigenvalue weighted by Crippen LogP contribution is 2.35. The fraction of sp³-hybridized carbons (Fsp3) is 0.304. The number of ketones is 1. The van der Waals surface area contributed by atoms with E-state index in [0.717, 1.165) is 17.5 Å². The molecule has 2 aromatic rings. The Hall–Kier alpha value is -2.68. The van der Waals surface area contributed by atoms with Crippen molar-refractivity contribution in [3.8, 4) is 0 Å². The molecule has 0 aromatic heterocycles. The molecule has 2 aromatic carbocycles. The Balaban J connectivity index is 1.94. The zero-order valence-corrected chi connectivity index (χ0v) is 15.3. The zero-order valence-electron chi connectivity index (χ0n) is 15.3. The molecular weight excluding hydrogens is 324 g/mol. The second kappa shape index (κ2) is 7.69. The molecule has 3 nitrogen and oxygen atoms in total. The Labute approximate surface area is 154 Å². The van der Waals surface area contributed by atoms with Gasteiger partial charge >= 0.3 is 5.97 Å². The van der Waals surface area contributed by atoms with Crippen LogP contribution in [0.15, 0.2) is 72.3 Å². The van der Waals surface area contributed by atoms with Crippen LogP contribution >= 0.6 is 0 Å². The third kappa shape index (κ3) is 3.77. The van der Waals surface area contributed by atoms with Crippen LogP contribution in [0.5, 0.6) is 0 Å². The summed E-state index contributed by atoms with van der Waals surface area (Å²) in [5.74, 6) is -0.999. The maximum atomic E-state index is 13.2. The van der Waals surface area contributed by atoms with Crippen LogP contribution in [0.2, 0.25) is 0 Å². The minimum Gasteiger partial charge on any atom is -0.450 e. The number of esters is 1. The first-order valence-electron chi connectivity index (χ1n) is 9.01. The molecular formula is C23H24O3. The van der Waals surface area contributed by atoms with Gasteiger partial charge in [-0.2, -0.15) is 0 Å². The summed E-state index contributed by atoms with van der Waals surface area (Å²) in [4.78, 5) is 25.6. The van der Waals surface area contributed by atoms with Gasteiger partial charge in [0, 0.05) is 6.42 Å². The highest BCUT2D eigenvalue weighted by molar-refractivity contribution is 5.90. The zero-order chi connectivity index (χ0) is 18.6. The highest BCUT2D eigenvalue weighted by Gasteiger charge is 2.42. The van der Waals surface area contributed by atoms with Gasteiger partial charge in [-0.3, -0.25) is 9.59 Å². The minimum absolute atomic E-state index is 0.0885. The van der Waals surface area contributed by atoms with Crippen molar-refractivity contribution in [1.82, 2.24) is 0 Å². The number of hydrogen-bond donors (Lipinski definition) is 0. The molecule has 3 heteroatoms. The molecule has 1 aliphatic carbocycles. The van der Waals surface area contributed by atoms with E-state index >= 15 is 0 Å². The van der Waals surface area contributed by atoms with Gasteiger partial charge in [0.15, 0.2) is 11.4 Å². The summed E-state index contributed by atoms with van der Waals surface area (Å²) < 4.78 is 5.93. The topological polar surface area (TPSA) is 43.4 Å². The largest absolute Gasteiger partial charge is 0.450 e. The lowest BCUT2D eigenvalue weighted by Gasteiger charge is -2.34. The second-order valence-electron chi connectivity index (χ2n) is 6.98. The third-order valence-corrected chi connectivity index (χ3v) is 5.14. The number of carbonyl (C=O) groups is 2. The molecule has 134 valence electrons. The molecule has 0 heterocycles. The number of hydrogen-bond acceptors (Lipinski definition) is 3. The van der Waals surface area contributed by atoms with Gasteiger partial charge in [-0.1, -0.05) is 72.3 Å². The lowest BCUT2D eigenvalue weighted by molar-refractivity contribution is -0.168. The first kappa shape index (κ1) is 18.1. The Kier molecular flexibility index (Phi) is 5.36. The SMILES string of the molecule is CC(=O)[C@]1(OC(=O)C(c2ccccc2)c2ccccc2)CC=C(C)CC1. The van der Waals surface area contributed by atoms with Crippen LogP contribution in [0.25, 0.3) is 0 Å². The average molecular weight is 348 g/mol. The van der Waals surface area contributed by atoms with E-state index in [1.54, 1.807) is 0 Å². The molecule has 26 heavy (non-hydrogen) atoms. The number of rotatable bonds is 5. The third-order valence-electron chi connectivity index (χ3n) is 5.14. The molecule has 0 radical (unpaired) electrons. The van der Waals surface area contributed by atoms with Crippen LogP contribution in [-0.2, 0) is 14.3 Å². The molecule has 0 bridgehead atoms. The number of ether oxygens (including phenoxy) is 1. The normalized spacial score (nSPS) is 19.7. The lowest BCUT2D eigenvalue weighted by Crippen LogP contribution is -2.44. The number of benzene rings is 2. The summed E-state index contributed by atoms with van der Waals surface area (Å²) in [6, 6.07) is 19.2. The van der Waals surface area contributed by atoms with Gasteiger partial charge in [-0.15, -0.1) is 0 Å². The molecule has 3 rings (SSSR count). The molecule has 0 N–H and O–H groups in total. The van der Waals surface area contributed by atoms with Crippen LogP contribution in [0, 0.1) is 0 Å². The standard InChI is InChI=1S/C23H24O3/c1-17-13-15-23(16-14-17,18(2)24)26-22(25)21(19-9-5-3-6-10-19)20-11-7-4-8-12-20/h3-13,21H,14-16H2,1-2H3/t23-/m0/s1. The van der Waals surface area contributed by atoms with Gasteiger partial charge < -0.3 is 4.74 Å². The van der Waals surface area contributed by atoms with Crippen molar-refractivity contribution in [2.24, 2.45) is 0 Å². The first-order chi connectivity index (χ1) is 12.5. The van der Waals surface area contributed by atoms with Crippen molar-refractivity contribution in [2.75, 3.05) is 0 Å². The van der Waals surface area contributed by atoms with Gasteiger partial charge in [-0.05, 0) is 37.8 Å². The molecule has 0 amide bonds. The quantitative estimate of drug-likeness (QED) is 0.575. The summed E-state index contributed by atoms with van der Waals surface area (Å²) in [6.45, 7) is 3.56. The molecule has 0 unspecified atom stereocenters. The summed E-state index contributed by atoms with van der Waals surface area (Å²) in [7, 11) is 0. The average Bonchev–Trinajstić information content (AvgIpc) is 2.65. The van der Waals surface area contributed by atoms with Gasteiger partial charge in [0.2, 0.25) is 0 Å². The summed E-state index contributed by atoms with van der Waals surface area (Å²) >= 11 is 0. The summed E-state index contributed by atoms with van der Waals surface area (Å²) in [5, 5.41) is 0. The van der Waals surface area contributed by atoms with E-state index in [2.05, 4.69) is 0 Å². The highest BCUT2D eigenvalue weighted by atomic mass is 16.6. The summed E-state index contributed by atoms with van der Waals surface area (Å²) in [6.07, 6.45) is 3.79. The van der Waals surface area contributed by atoms with Crippen molar-refractivity contribution in [2.45, 2.75) is 44.6 Å². The Morgan fingerprint density at radius 2 is 1.50 bits per heavy atom. The van der Waals surface area contributed by atoms with Crippen LogP contribution in [0.4, 0.5) is 0 Å². The van der Waals surface area contributed by atoms with Crippen molar-refractivity contribution in [3.63, 3.8) is 0 Å². The Morgan fingerprint density at radius 1 is 0.962 bits per heavy atom. The van der Waals surface area contributed by atoms with E-state index in [1.165, 1.54) is 12.5 Å². The number of carbonyl (C=O) groups excluding carboxylic acids is 2. The second-order valence-corrected chi connectivity index (χ2v) is 6.98. The van der Waals surface area contributed by atoms with Crippen LogP contribution in [-0.4, -0.2) is 17.4 Å². The number of Topliss-reactive ketones (excluding diaryl/α,β-unsaturated/α-hetero) is 1. The fourth-order valence-corrected chi connectivity index (χ4v) is 3.43. The molecule has 0 saturated heterocycles. The summed E-state index contributed by atoms with van der Waals surface area (Å²) in [5.41, 5.74) is 1.92. The van der Waals surface area contributed by atoms with E-state index in [-0.39, 0.29) is 11.8 Å². The van der Waals surface area contributed by atoms with Gasteiger partial charge in [0.25, 0.3) is 0 Å². The van der Waals surface area contributed by atoms with Crippen molar-refractivity contribution in [1.29, 1.82) is 0 Å². The van der Waals surface area contributed by atoms with Crippen molar-refractivity contribution in [3.05, 3.63) is 83.4 Å². The van der Waals surface area contributed by atoms with Crippen LogP contribution in [0.1, 0.15) is 50.2 Å². The number of allylic oxidation sites excluding steroid dienone is 1. The van der Waals surface area contributed by atoms with E-state index in [0.29, 0.717) is 12.8 Å². The van der Waals surface area contributed by atoms with E-state index in [4.69, 9.17) is 4.74 Å². The van der Waals surface area contributed by atoms with Crippen molar-refractivity contribution < 1.29 is 14.3 Å². The van der Waals surface area contributed by atoms with Crippen molar-refractivity contribution >= 4 is 11.8 Å². The maximum Gasteiger partial charge on any atom is 0.318 e. The predicted octanol–water partition coefficient (Wildman–Crippen LogP) is 4.82. The smallest absolute Gasteiger partial charge is 0.318 e. The van der Waals surface area contributed by atoms with Crippen LogP contribution in [0.3, 0.4) is 0 Å². The lowest BCUT2D eigenvalue weighted by atomic mass is 9.82. The maximum absolute atomic E-state index is 13.2. The van der Waals surface area contributed by atoms with Gasteiger partial charge in [0.1, 0.15) is 5.92 Å². The predicted molar refractivity (Wildman–Crippen MR) is 102 cm³/mol. The van der Waals surface area contributed by atoms with Crippen LogP contribution < -0.4 is 0 Å². The van der Waals surface area contributed by atoms with E-state index in [1.807, 2.05) is 73.7 Å². The van der Waals surface area contributed by atoms with Gasteiger partial charge in [0.05, 0.1) is 0 Å². The van der Waals surface area contributed by atoms with E-state index in [9.17, 15) is 9.59 Å². The molecule has 0 spiro atoms. The van der Waals surface area contributed by atoms with Gasteiger partial charge in [-0.25, -0.2) is 0 Å². The molecule has 0 aliphatic heterocycles. The van der Waals surface area contributed by atoms with E-state index < -0.39 is 11.5 Å². The molecule has 1 aliphatic rings. The minimum atomic E-state index is -1.04. The molecule has 0 fully saturated rings. The Bertz CT molecular complexity index is 768.